The van der Waals surface area contributed by atoms with Gasteiger partial charge in [-0.1, -0.05) is 177 Å². The van der Waals surface area contributed by atoms with E-state index < -0.39 is 108 Å². The maximum absolute atomic E-state index is 14.2. The lowest BCUT2D eigenvalue weighted by atomic mass is 9.78. The topological polar surface area (TPSA) is 354 Å². The van der Waals surface area contributed by atoms with Gasteiger partial charge in [-0.05, 0) is 91.5 Å². The quantitative estimate of drug-likeness (QED) is 0.0515. The minimum Gasteiger partial charge on any atom is -0.391 e. The molecule has 5 unspecified atom stereocenters. The standard InChI is InChI=1S/C25H31N3O4.2C23H26F3N3O4.C20H32N4O3/c1-14(2)22(21-10-16(4)27-32-21)23(30)28-13-18(29)11-20(28)19-12-25(5,24(31)26-19)17-8-6-15(3)7-9-17;2*1-13(2)20(19-9-14(3)27-32-19)21(31)29-12-16(30)10-18(29)17-11-22(33-28-17,23(24,25)26)15-7-5-4-6-8-15;1-7-24-20(5,6)10-15(21-24)16-9-14(25)11-23(16)19(26)18(12(2)3)17-8-13(4)22-27-17/h6-10,14,18,20,22,29H,11-13H2,1-5H3;2*4-9,13,16,18,20,30H,10-12H2,1-3H3;8,12,14,16,18,25H,7,9-11H2,1-6H3/t18-,20+,22-,25+;16-,18+,20+,22?;16-,18+,20-,22?;/m111./s1. The molecule has 8 aliphatic rings. The molecule has 676 valence electrons. The lowest BCUT2D eigenvalue weighted by molar-refractivity contribution is -0.276. The molecule has 0 bridgehead atoms. The van der Waals surface area contributed by atoms with E-state index in [0.717, 1.165) is 41.2 Å². The third-order valence-corrected chi connectivity index (χ3v) is 25.0. The fourth-order valence-corrected chi connectivity index (χ4v) is 18.5. The Kier molecular flexibility index (Phi) is 27.9. The van der Waals surface area contributed by atoms with Gasteiger partial charge >= 0.3 is 12.4 Å². The molecular weight excluding hydrogens is 1630 g/mol. The number of β-amino-alcohol motifs (C(OH)–C–C–N with tert-alkyl or cyclic N) is 4. The second kappa shape index (κ2) is 37.2. The molecule has 0 radical (unpaired) electrons. The predicted molar refractivity (Wildman–Crippen MR) is 449 cm³/mol. The van der Waals surface area contributed by atoms with E-state index in [1.54, 1.807) is 54.0 Å². The largest absolute Gasteiger partial charge is 0.435 e. The molecule has 0 aliphatic carbocycles. The molecule has 4 N–H and O–H groups in total. The van der Waals surface area contributed by atoms with Gasteiger partial charge in [0.1, 0.15) is 46.7 Å². The van der Waals surface area contributed by atoms with Crippen LogP contribution in [-0.4, -0.2) is 217 Å². The molecule has 125 heavy (non-hydrogen) atoms. The van der Waals surface area contributed by atoms with E-state index in [4.69, 9.17) is 32.9 Å². The third-order valence-electron chi connectivity index (χ3n) is 25.0. The number of aryl methyl sites for hydroxylation is 5. The smallest absolute Gasteiger partial charge is 0.391 e. The number of oxime groups is 2. The van der Waals surface area contributed by atoms with Crippen molar-refractivity contribution in [3.8, 4) is 0 Å². The number of alkyl halides is 6. The molecule has 28 nitrogen and oxygen atoms in total. The monoisotopic (exact) mass is 1740 g/mol. The van der Waals surface area contributed by atoms with Crippen molar-refractivity contribution >= 4 is 52.4 Å². The Hall–Kier alpha value is -10.5. The highest BCUT2D eigenvalue weighted by atomic mass is 19.4. The fraction of sp³-hybridized carbons (Fsp3) is 0.571. The Balaban J connectivity index is 0.000000152. The zero-order chi connectivity index (χ0) is 91.1. The molecule has 15 rings (SSSR count). The maximum atomic E-state index is 14.2. The lowest BCUT2D eigenvalue weighted by Gasteiger charge is -2.31. The van der Waals surface area contributed by atoms with Crippen molar-refractivity contribution in [3.05, 3.63) is 177 Å². The average molecular weight is 1740 g/mol. The highest BCUT2D eigenvalue weighted by molar-refractivity contribution is 6.11. The summed E-state index contributed by atoms with van der Waals surface area (Å²) >= 11 is 0. The minimum absolute atomic E-state index is 0.0107. The van der Waals surface area contributed by atoms with Crippen molar-refractivity contribution in [3.63, 3.8) is 0 Å². The summed E-state index contributed by atoms with van der Waals surface area (Å²) in [7, 11) is 0. The number of nitrogens with zero attached hydrogens (tertiary/aromatic N) is 13. The number of aromatic nitrogens is 4. The SMILES string of the molecule is CCN1N=C(C2CC(O)CN2C(=O)C(c2cc(C)no2)C(C)C)CC1(C)C.Cc1cc([C@@H](C(=O)N2C[C@H](O)C[C@H]2C2=NOC(c3ccccc3)(C(F)(F)F)C2)C(C)C)on1.Cc1cc([C@H](C(=O)N2C[C@H](O)C[C@H]2C2=NOC(c3ccccc3)(C(F)(F)F)C2)C(C)C)on1.Cc1ccc([C@]2(C)CC([C@@H]3C[C@@H](O)CN3C(=O)[C@@H](c3cc(C)no3)C(C)C)=NC2=O)cc1. The summed E-state index contributed by atoms with van der Waals surface area (Å²) in [5, 5.41) is 71.6. The fourth-order valence-electron chi connectivity index (χ4n) is 18.5. The van der Waals surface area contributed by atoms with Gasteiger partial charge in [0.05, 0.1) is 99.4 Å². The first-order valence-electron chi connectivity index (χ1n) is 42.8. The van der Waals surface area contributed by atoms with Crippen LogP contribution < -0.4 is 0 Å². The van der Waals surface area contributed by atoms with Crippen LogP contribution in [0.25, 0.3) is 0 Å². The van der Waals surface area contributed by atoms with E-state index in [2.05, 4.69) is 61.7 Å². The van der Waals surface area contributed by atoms with Crippen LogP contribution in [0.15, 0.2) is 148 Å². The zero-order valence-electron chi connectivity index (χ0n) is 73.7. The van der Waals surface area contributed by atoms with Crippen LogP contribution in [0.4, 0.5) is 26.3 Å². The van der Waals surface area contributed by atoms with E-state index >= 15 is 0 Å². The van der Waals surface area contributed by atoms with E-state index in [-0.39, 0.29) is 120 Å². The van der Waals surface area contributed by atoms with Gasteiger partial charge in [0.25, 0.3) is 17.1 Å². The Bertz CT molecular complexity index is 4930. The highest BCUT2D eigenvalue weighted by Crippen LogP contribution is 2.52. The van der Waals surface area contributed by atoms with Gasteiger partial charge in [0, 0.05) is 125 Å². The number of rotatable bonds is 20. The van der Waals surface area contributed by atoms with Gasteiger partial charge in [-0.15, -0.1) is 0 Å². The number of benzene rings is 3. The van der Waals surface area contributed by atoms with E-state index in [1.807, 2.05) is 113 Å². The van der Waals surface area contributed by atoms with Gasteiger partial charge < -0.3 is 67.8 Å². The van der Waals surface area contributed by atoms with Gasteiger partial charge in [-0.25, -0.2) is 4.99 Å². The average Bonchev–Trinajstić information content (AvgIpc) is 1.61. The number of hydrazone groups is 1. The molecule has 4 aromatic heterocycles. The van der Waals surface area contributed by atoms with Gasteiger partial charge in [0.15, 0.2) is 0 Å². The van der Waals surface area contributed by atoms with Crippen molar-refractivity contribution in [2.45, 2.75) is 276 Å². The van der Waals surface area contributed by atoms with Crippen molar-refractivity contribution in [1.82, 2.24) is 45.2 Å². The van der Waals surface area contributed by atoms with Crippen molar-refractivity contribution in [2.24, 2.45) is 44.1 Å². The highest BCUT2D eigenvalue weighted by Gasteiger charge is 2.65. The number of aliphatic hydroxyl groups excluding tert-OH is 4. The van der Waals surface area contributed by atoms with Crippen molar-refractivity contribution < 1.29 is 98.5 Å². The molecule has 15 atom stereocenters. The lowest BCUT2D eigenvalue weighted by Crippen LogP contribution is -2.47. The number of likely N-dealkylation sites (tertiary alicyclic amines) is 4. The molecule has 4 saturated heterocycles. The second-order valence-electron chi connectivity index (χ2n) is 36.6. The van der Waals surface area contributed by atoms with Crippen LogP contribution in [0.1, 0.15) is 226 Å². The second-order valence-corrected chi connectivity index (χ2v) is 36.6. The van der Waals surface area contributed by atoms with Crippen molar-refractivity contribution in [2.75, 3.05) is 32.7 Å². The summed E-state index contributed by atoms with van der Waals surface area (Å²) in [6.45, 7) is 34.2. The number of aliphatic imine (C=N–C) groups is 1. The molecule has 4 fully saturated rings. The number of aliphatic hydroxyl groups is 4. The van der Waals surface area contributed by atoms with Gasteiger partial charge in [-0.2, -0.15) is 31.4 Å². The van der Waals surface area contributed by atoms with Crippen LogP contribution in [-0.2, 0) is 50.3 Å². The predicted octanol–water partition coefficient (Wildman–Crippen LogP) is 13.7. The van der Waals surface area contributed by atoms with Crippen molar-refractivity contribution in [1.29, 1.82) is 0 Å². The van der Waals surface area contributed by atoms with Crippen LogP contribution in [0.3, 0.4) is 0 Å². The molecule has 8 aliphatic heterocycles. The molecule has 34 heteroatoms. The Morgan fingerprint density at radius 2 is 0.736 bits per heavy atom. The Morgan fingerprint density at radius 1 is 0.432 bits per heavy atom. The number of halogens is 6. The number of carbonyl (C=O) groups excluding carboxylic acids is 5. The summed E-state index contributed by atoms with van der Waals surface area (Å²) in [6, 6.07) is 27.4. The van der Waals surface area contributed by atoms with Crippen LogP contribution in [0.2, 0.25) is 0 Å². The van der Waals surface area contributed by atoms with E-state index in [9.17, 15) is 70.7 Å². The normalized spacial score (nSPS) is 26.4. The Morgan fingerprint density at radius 3 is 1.01 bits per heavy atom. The molecule has 12 heterocycles. The van der Waals surface area contributed by atoms with Crippen LogP contribution in [0, 0.1) is 58.3 Å². The molecule has 3 aromatic carbocycles. The molecule has 5 amide bonds. The summed E-state index contributed by atoms with van der Waals surface area (Å²) in [6.07, 6.45) is -11.2. The first kappa shape index (κ1) is 93.7. The summed E-state index contributed by atoms with van der Waals surface area (Å²) in [5.74, 6) is -1.74. The van der Waals surface area contributed by atoms with Gasteiger partial charge in [-0.3, -0.25) is 29.0 Å². The first-order valence-corrected chi connectivity index (χ1v) is 42.8. The molecule has 7 aromatic rings. The van der Waals surface area contributed by atoms with Crippen LogP contribution in [0.5, 0.6) is 0 Å². The third kappa shape index (κ3) is 19.4. The number of hydrogen-bond donors (Lipinski definition) is 4. The summed E-state index contributed by atoms with van der Waals surface area (Å²) in [4.78, 5) is 88.1. The zero-order valence-corrected chi connectivity index (χ0v) is 73.7. The molecular formula is C91H115F6N13O15. The Labute approximate surface area is 722 Å². The van der Waals surface area contributed by atoms with E-state index in [0.29, 0.717) is 65.9 Å². The van der Waals surface area contributed by atoms with Crippen LogP contribution >= 0.6 is 0 Å². The number of amides is 5. The summed E-state index contributed by atoms with van der Waals surface area (Å²) in [5.41, 5.74) is 0.362. The van der Waals surface area contributed by atoms with Gasteiger partial charge in [0.2, 0.25) is 23.6 Å². The summed E-state index contributed by atoms with van der Waals surface area (Å²) < 4.78 is 107. The number of hydrogen-bond acceptors (Lipinski definition) is 23. The molecule has 0 spiro atoms. The van der Waals surface area contributed by atoms with E-state index in [1.165, 1.54) is 58.3 Å². The first-order chi connectivity index (χ1) is 58.8. The maximum Gasteiger partial charge on any atom is 0.435 e. The minimum atomic E-state index is -4.73. The number of carbonyl (C=O) groups is 5. The molecule has 0 saturated carbocycles.